The number of hydrogen-bond acceptors (Lipinski definition) is 5. The number of carbonyl (C=O) groups excluding carboxylic acids is 2. The summed E-state index contributed by atoms with van der Waals surface area (Å²) >= 11 is 8.93. The molecule has 3 aromatic heterocycles. The molecule has 0 aliphatic heterocycles. The number of nitrogens with zero attached hydrogens (tertiary/aromatic N) is 1. The third-order valence-electron chi connectivity index (χ3n) is 4.30. The maximum atomic E-state index is 12.7. The van der Waals surface area contributed by atoms with E-state index in [-0.39, 0.29) is 11.8 Å². The van der Waals surface area contributed by atoms with Crippen LogP contribution in [0.15, 0.2) is 48.5 Å². The number of H-pyrrole nitrogens is 1. The molecule has 0 saturated carbocycles. The van der Waals surface area contributed by atoms with Crippen molar-refractivity contribution in [1.29, 1.82) is 0 Å². The van der Waals surface area contributed by atoms with Gasteiger partial charge in [0.15, 0.2) is 5.82 Å². The van der Waals surface area contributed by atoms with Crippen molar-refractivity contribution in [1.82, 2.24) is 10.2 Å². The maximum absolute atomic E-state index is 12.7. The van der Waals surface area contributed by atoms with Crippen molar-refractivity contribution in [3.63, 3.8) is 0 Å². The summed E-state index contributed by atoms with van der Waals surface area (Å²) in [6.45, 7) is 3.86. The van der Waals surface area contributed by atoms with Gasteiger partial charge in [-0.1, -0.05) is 23.7 Å². The van der Waals surface area contributed by atoms with Crippen LogP contribution in [0.1, 0.15) is 30.5 Å². The minimum Gasteiger partial charge on any atom is -0.313 e. The van der Waals surface area contributed by atoms with Crippen LogP contribution in [-0.2, 0) is 0 Å². The number of amides is 2. The standard InChI is InChI=1S/C21H17ClN4O2S2/c1-11-9-18(24-20(27)13-5-3-4-6-14(13)22)30-19(11)21(28)23-17-10-15(25-26-17)16-8-7-12(2)29-16/h3-10H,1-2H3,(H,24,27)(H2,23,25,26,28). The zero-order valence-corrected chi connectivity index (χ0v) is 18.5. The normalized spacial score (nSPS) is 10.8. The summed E-state index contributed by atoms with van der Waals surface area (Å²) in [5.74, 6) is -0.163. The van der Waals surface area contributed by atoms with Crippen LogP contribution >= 0.6 is 34.3 Å². The molecule has 0 fully saturated rings. The van der Waals surface area contributed by atoms with Crippen LogP contribution in [0.5, 0.6) is 0 Å². The number of anilines is 2. The van der Waals surface area contributed by atoms with Crippen LogP contribution in [-0.4, -0.2) is 22.0 Å². The summed E-state index contributed by atoms with van der Waals surface area (Å²) in [7, 11) is 0. The maximum Gasteiger partial charge on any atom is 0.267 e. The van der Waals surface area contributed by atoms with Gasteiger partial charge in [-0.25, -0.2) is 0 Å². The summed E-state index contributed by atoms with van der Waals surface area (Å²) in [6.07, 6.45) is 0. The van der Waals surface area contributed by atoms with Crippen LogP contribution in [0.2, 0.25) is 5.02 Å². The van der Waals surface area contributed by atoms with Crippen LogP contribution in [0, 0.1) is 13.8 Å². The first-order valence-corrected chi connectivity index (χ1v) is 11.0. The predicted molar refractivity (Wildman–Crippen MR) is 123 cm³/mol. The predicted octanol–water partition coefficient (Wildman–Crippen LogP) is 5.97. The van der Waals surface area contributed by atoms with E-state index in [1.165, 1.54) is 16.2 Å². The molecule has 0 bridgehead atoms. The number of halogens is 1. The lowest BCUT2D eigenvalue weighted by atomic mass is 10.2. The van der Waals surface area contributed by atoms with E-state index < -0.39 is 0 Å². The minimum absolute atomic E-state index is 0.281. The molecule has 0 aliphatic rings. The molecule has 0 saturated heterocycles. The number of aryl methyl sites for hydroxylation is 2. The van der Waals surface area contributed by atoms with E-state index in [9.17, 15) is 9.59 Å². The van der Waals surface area contributed by atoms with Gasteiger partial charge in [0.2, 0.25) is 0 Å². The third kappa shape index (κ3) is 4.30. The van der Waals surface area contributed by atoms with E-state index in [1.807, 2.05) is 26.0 Å². The lowest BCUT2D eigenvalue weighted by Gasteiger charge is -2.04. The Kier molecular flexibility index (Phi) is 5.72. The average Bonchev–Trinajstić information content (AvgIpc) is 3.42. The average molecular weight is 457 g/mol. The molecule has 152 valence electrons. The van der Waals surface area contributed by atoms with Gasteiger partial charge in [-0.3, -0.25) is 14.7 Å². The smallest absolute Gasteiger partial charge is 0.267 e. The molecule has 0 unspecified atom stereocenters. The van der Waals surface area contributed by atoms with Gasteiger partial charge >= 0.3 is 0 Å². The number of nitrogens with one attached hydrogen (secondary N) is 3. The Labute approximate surface area is 185 Å². The van der Waals surface area contributed by atoms with Gasteiger partial charge in [0, 0.05) is 10.9 Å². The molecule has 3 N–H and O–H groups in total. The molecule has 4 rings (SSSR count). The Morgan fingerprint density at radius 2 is 1.80 bits per heavy atom. The SMILES string of the molecule is Cc1ccc(-c2cc(NC(=O)c3sc(NC(=O)c4ccccc4Cl)cc3C)n[nH]2)s1. The Hall–Kier alpha value is -2.94. The lowest BCUT2D eigenvalue weighted by molar-refractivity contribution is 0.102. The van der Waals surface area contributed by atoms with Gasteiger partial charge in [-0.15, -0.1) is 22.7 Å². The highest BCUT2D eigenvalue weighted by molar-refractivity contribution is 7.18. The number of hydrogen-bond donors (Lipinski definition) is 3. The highest BCUT2D eigenvalue weighted by Crippen LogP contribution is 2.30. The molecule has 6 nitrogen and oxygen atoms in total. The fourth-order valence-electron chi connectivity index (χ4n) is 2.86. The minimum atomic E-state index is -0.322. The molecule has 30 heavy (non-hydrogen) atoms. The van der Waals surface area contributed by atoms with Crippen molar-refractivity contribution in [3.8, 4) is 10.6 Å². The fraction of sp³-hybridized carbons (Fsp3) is 0.0952. The molecule has 0 atom stereocenters. The van der Waals surface area contributed by atoms with E-state index >= 15 is 0 Å². The molecule has 0 aliphatic carbocycles. The first kappa shape index (κ1) is 20.3. The van der Waals surface area contributed by atoms with Crippen LogP contribution in [0.25, 0.3) is 10.6 Å². The number of rotatable bonds is 5. The number of carbonyl (C=O) groups is 2. The summed E-state index contributed by atoms with van der Waals surface area (Å²) in [4.78, 5) is 27.9. The number of benzene rings is 1. The Morgan fingerprint density at radius 1 is 1.00 bits per heavy atom. The highest BCUT2D eigenvalue weighted by atomic mass is 35.5. The van der Waals surface area contributed by atoms with Crippen molar-refractivity contribution in [2.24, 2.45) is 0 Å². The summed E-state index contributed by atoms with van der Waals surface area (Å²) in [6, 6.07) is 14.4. The molecule has 2 amide bonds. The Bertz CT molecular complexity index is 1240. The van der Waals surface area contributed by atoms with Gasteiger partial charge < -0.3 is 10.6 Å². The lowest BCUT2D eigenvalue weighted by Crippen LogP contribution is -2.12. The fourth-order valence-corrected chi connectivity index (χ4v) is 4.88. The zero-order chi connectivity index (χ0) is 21.3. The van der Waals surface area contributed by atoms with Crippen molar-refractivity contribution >= 4 is 56.9 Å². The molecule has 4 aromatic rings. The molecule has 9 heteroatoms. The molecule has 0 spiro atoms. The second kappa shape index (κ2) is 8.43. The molecular weight excluding hydrogens is 440 g/mol. The van der Waals surface area contributed by atoms with Crippen LogP contribution in [0.3, 0.4) is 0 Å². The van der Waals surface area contributed by atoms with E-state index in [1.54, 1.807) is 47.7 Å². The van der Waals surface area contributed by atoms with Gasteiger partial charge in [-0.05, 0) is 49.7 Å². The third-order valence-corrected chi connectivity index (χ3v) is 6.82. The van der Waals surface area contributed by atoms with E-state index in [0.717, 1.165) is 16.1 Å². The Balaban J connectivity index is 1.46. The zero-order valence-electron chi connectivity index (χ0n) is 16.1. The largest absolute Gasteiger partial charge is 0.313 e. The van der Waals surface area contributed by atoms with E-state index in [2.05, 4.69) is 20.8 Å². The van der Waals surface area contributed by atoms with Crippen LogP contribution in [0.4, 0.5) is 10.8 Å². The van der Waals surface area contributed by atoms with Gasteiger partial charge in [0.25, 0.3) is 11.8 Å². The van der Waals surface area contributed by atoms with Gasteiger partial charge in [0.1, 0.15) is 0 Å². The quantitative estimate of drug-likeness (QED) is 0.345. The Morgan fingerprint density at radius 3 is 2.53 bits per heavy atom. The van der Waals surface area contributed by atoms with Crippen molar-refractivity contribution in [2.75, 3.05) is 10.6 Å². The highest BCUT2D eigenvalue weighted by Gasteiger charge is 2.18. The molecule has 3 heterocycles. The summed E-state index contributed by atoms with van der Waals surface area (Å²) in [5.41, 5.74) is 1.99. The molecule has 0 radical (unpaired) electrons. The monoisotopic (exact) mass is 456 g/mol. The summed E-state index contributed by atoms with van der Waals surface area (Å²) in [5, 5.41) is 13.7. The van der Waals surface area contributed by atoms with E-state index in [4.69, 9.17) is 11.6 Å². The second-order valence-electron chi connectivity index (χ2n) is 6.59. The number of thiophene rings is 2. The second-order valence-corrected chi connectivity index (χ2v) is 9.34. The summed E-state index contributed by atoms with van der Waals surface area (Å²) < 4.78 is 0. The van der Waals surface area contributed by atoms with Gasteiger partial charge in [-0.2, -0.15) is 5.10 Å². The van der Waals surface area contributed by atoms with Crippen molar-refractivity contribution < 1.29 is 9.59 Å². The molecular formula is C21H17ClN4O2S2. The van der Waals surface area contributed by atoms with Crippen LogP contribution < -0.4 is 10.6 Å². The van der Waals surface area contributed by atoms with Crippen molar-refractivity contribution in [3.05, 3.63) is 74.4 Å². The first-order chi connectivity index (χ1) is 14.4. The number of aromatic amines is 1. The topological polar surface area (TPSA) is 86.9 Å². The van der Waals surface area contributed by atoms with Crippen molar-refractivity contribution in [2.45, 2.75) is 13.8 Å². The molecule has 1 aromatic carbocycles. The number of aromatic nitrogens is 2. The van der Waals surface area contributed by atoms with E-state index in [0.29, 0.717) is 26.3 Å². The first-order valence-electron chi connectivity index (χ1n) is 9.00. The van der Waals surface area contributed by atoms with Gasteiger partial charge in [0.05, 0.1) is 31.0 Å².